The van der Waals surface area contributed by atoms with E-state index < -0.39 is 11.7 Å². The third-order valence-corrected chi connectivity index (χ3v) is 3.29. The zero-order valence-corrected chi connectivity index (χ0v) is 13.3. The Labute approximate surface area is 132 Å². The molecule has 2 aromatic rings. The fourth-order valence-corrected chi connectivity index (χ4v) is 2.36. The molecule has 1 amide bonds. The molecule has 0 saturated carbocycles. The van der Waals surface area contributed by atoms with Crippen LogP contribution in [-0.2, 0) is 17.8 Å². The molecular formula is C14H16ClN5O2. The van der Waals surface area contributed by atoms with Gasteiger partial charge in [0.25, 0.3) is 0 Å². The average Bonchev–Trinajstić information content (AvgIpc) is 2.80. The van der Waals surface area contributed by atoms with Gasteiger partial charge in [-0.1, -0.05) is 0 Å². The third kappa shape index (κ3) is 2.89. The Bertz CT molecular complexity index is 722. The number of halogens is 1. The fraction of sp³-hybridized carbons (Fsp3) is 0.429. The second kappa shape index (κ2) is 5.24. The number of hydrogen-bond donors (Lipinski definition) is 0. The van der Waals surface area contributed by atoms with Gasteiger partial charge in [0.1, 0.15) is 17.2 Å². The zero-order valence-electron chi connectivity index (χ0n) is 12.6. The van der Waals surface area contributed by atoms with Gasteiger partial charge in [0.05, 0.1) is 13.1 Å². The molecule has 2 aromatic heterocycles. The van der Waals surface area contributed by atoms with Crippen molar-refractivity contribution in [1.29, 1.82) is 0 Å². The van der Waals surface area contributed by atoms with Crippen LogP contribution >= 0.6 is 11.6 Å². The number of fused-ring (bicyclic) bond motifs is 3. The predicted octanol–water partition coefficient (Wildman–Crippen LogP) is 2.57. The van der Waals surface area contributed by atoms with Crippen molar-refractivity contribution < 1.29 is 9.53 Å². The molecule has 0 unspecified atom stereocenters. The highest BCUT2D eigenvalue weighted by Crippen LogP contribution is 2.24. The quantitative estimate of drug-likeness (QED) is 0.697. The minimum Gasteiger partial charge on any atom is -0.444 e. The summed E-state index contributed by atoms with van der Waals surface area (Å²) in [5, 5.41) is 0.157. The summed E-state index contributed by atoms with van der Waals surface area (Å²) in [6, 6.07) is 0. The number of ether oxygens (including phenoxy) is 1. The van der Waals surface area contributed by atoms with E-state index in [0.29, 0.717) is 24.7 Å². The highest BCUT2D eigenvalue weighted by Gasteiger charge is 2.28. The summed E-state index contributed by atoms with van der Waals surface area (Å²) in [6.45, 7) is 6.17. The maximum absolute atomic E-state index is 12.4. The maximum atomic E-state index is 12.4. The van der Waals surface area contributed by atoms with E-state index in [1.165, 1.54) is 0 Å². The van der Waals surface area contributed by atoms with Gasteiger partial charge in [0, 0.05) is 24.2 Å². The monoisotopic (exact) mass is 321 g/mol. The average molecular weight is 322 g/mol. The van der Waals surface area contributed by atoms with E-state index in [1.54, 1.807) is 23.5 Å². The summed E-state index contributed by atoms with van der Waals surface area (Å²) < 4.78 is 7.26. The van der Waals surface area contributed by atoms with Gasteiger partial charge in [0.2, 0.25) is 5.28 Å². The molecule has 0 aromatic carbocycles. The summed E-state index contributed by atoms with van der Waals surface area (Å²) in [5.41, 5.74) is 0.227. The lowest BCUT2D eigenvalue weighted by Crippen LogP contribution is -2.35. The van der Waals surface area contributed by atoms with E-state index in [4.69, 9.17) is 16.3 Å². The largest absolute Gasteiger partial charge is 0.444 e. The Hall–Kier alpha value is -2.15. The maximum Gasteiger partial charge on any atom is 0.411 e. The van der Waals surface area contributed by atoms with Crippen LogP contribution < -0.4 is 0 Å². The number of carbonyl (C=O) groups excluding carboxylic acids is 1. The summed E-state index contributed by atoms with van der Waals surface area (Å²) in [4.78, 5) is 26.5. The van der Waals surface area contributed by atoms with Gasteiger partial charge in [-0.25, -0.2) is 14.8 Å². The predicted molar refractivity (Wildman–Crippen MR) is 79.6 cm³/mol. The van der Waals surface area contributed by atoms with Crippen LogP contribution in [0.5, 0.6) is 0 Å². The van der Waals surface area contributed by atoms with Crippen LogP contribution in [0.25, 0.3) is 5.82 Å². The fourth-order valence-electron chi connectivity index (χ4n) is 2.23. The lowest BCUT2D eigenvalue weighted by atomic mass is 10.2. The van der Waals surface area contributed by atoms with Gasteiger partial charge in [-0.05, 0) is 32.4 Å². The van der Waals surface area contributed by atoms with Gasteiger partial charge < -0.3 is 4.74 Å². The number of aromatic nitrogens is 4. The van der Waals surface area contributed by atoms with Crippen LogP contribution in [0.1, 0.15) is 32.2 Å². The van der Waals surface area contributed by atoms with Crippen LogP contribution in [0.2, 0.25) is 5.28 Å². The lowest BCUT2D eigenvalue weighted by molar-refractivity contribution is 0.0214. The normalized spacial score (nSPS) is 14.1. The molecule has 1 aliphatic heterocycles. The van der Waals surface area contributed by atoms with E-state index in [2.05, 4.69) is 15.0 Å². The van der Waals surface area contributed by atoms with Crippen LogP contribution in [0.4, 0.5) is 4.79 Å². The van der Waals surface area contributed by atoms with Crippen molar-refractivity contribution in [2.45, 2.75) is 39.5 Å². The smallest absolute Gasteiger partial charge is 0.411 e. The van der Waals surface area contributed by atoms with Crippen molar-refractivity contribution in [3.05, 3.63) is 35.3 Å². The molecule has 3 heterocycles. The van der Waals surface area contributed by atoms with Crippen molar-refractivity contribution >= 4 is 17.7 Å². The van der Waals surface area contributed by atoms with Gasteiger partial charge in [-0.2, -0.15) is 4.98 Å². The first-order chi connectivity index (χ1) is 10.3. The molecule has 0 radical (unpaired) electrons. The Morgan fingerprint density at radius 1 is 1.32 bits per heavy atom. The minimum atomic E-state index is -0.557. The van der Waals surface area contributed by atoms with Crippen LogP contribution in [0.15, 0.2) is 18.6 Å². The third-order valence-electron chi connectivity index (χ3n) is 3.10. The summed E-state index contributed by atoms with van der Waals surface area (Å²) in [5.74, 6) is 1.33. The van der Waals surface area contributed by atoms with Crippen LogP contribution in [0.3, 0.4) is 0 Å². The molecule has 0 fully saturated rings. The molecule has 7 nitrogen and oxygen atoms in total. The Morgan fingerprint density at radius 2 is 2.09 bits per heavy atom. The van der Waals surface area contributed by atoms with Crippen molar-refractivity contribution in [1.82, 2.24) is 24.4 Å². The van der Waals surface area contributed by atoms with Gasteiger partial charge in [-0.3, -0.25) is 9.47 Å². The highest BCUT2D eigenvalue weighted by molar-refractivity contribution is 6.28. The second-order valence-electron chi connectivity index (χ2n) is 6.04. The Kier molecular flexibility index (Phi) is 3.52. The van der Waals surface area contributed by atoms with E-state index >= 15 is 0 Å². The highest BCUT2D eigenvalue weighted by atomic mass is 35.5. The van der Waals surface area contributed by atoms with Gasteiger partial charge >= 0.3 is 6.09 Å². The summed E-state index contributed by atoms with van der Waals surface area (Å²) >= 11 is 5.89. The topological polar surface area (TPSA) is 73.1 Å². The van der Waals surface area contributed by atoms with Crippen molar-refractivity contribution in [3.8, 4) is 5.82 Å². The number of carbonyl (C=O) groups is 1. The first-order valence-electron chi connectivity index (χ1n) is 6.85. The molecule has 0 atom stereocenters. The summed E-state index contributed by atoms with van der Waals surface area (Å²) in [6.07, 6.45) is 4.67. The van der Waals surface area contributed by atoms with Crippen LogP contribution in [-0.4, -0.2) is 36.1 Å². The van der Waals surface area contributed by atoms with Crippen molar-refractivity contribution in [2.75, 3.05) is 0 Å². The zero-order chi connectivity index (χ0) is 15.9. The molecule has 0 N–H and O–H groups in total. The first kappa shape index (κ1) is 14.8. The molecule has 116 valence electrons. The van der Waals surface area contributed by atoms with Crippen LogP contribution in [0, 0.1) is 0 Å². The molecule has 22 heavy (non-hydrogen) atoms. The molecule has 0 aliphatic carbocycles. The minimum absolute atomic E-state index is 0.157. The standard InChI is InChI=1S/C14H16ClN5O2/c1-14(2,3)22-13(21)19-7-9-6-17-12(15)18-11(9)20-5-4-16-10(20)8-19/h4-6H,7-8H2,1-3H3. The Balaban J connectivity index is 1.99. The van der Waals surface area contributed by atoms with E-state index in [-0.39, 0.29) is 5.28 Å². The number of rotatable bonds is 0. The van der Waals surface area contributed by atoms with Crippen molar-refractivity contribution in [2.24, 2.45) is 0 Å². The SMILES string of the molecule is CC(C)(C)OC(=O)N1Cc2cnc(Cl)nc2-n2ccnc2C1. The second-order valence-corrected chi connectivity index (χ2v) is 6.38. The van der Waals surface area contributed by atoms with E-state index in [1.807, 2.05) is 25.3 Å². The van der Waals surface area contributed by atoms with Crippen molar-refractivity contribution in [3.63, 3.8) is 0 Å². The molecule has 0 bridgehead atoms. The molecular weight excluding hydrogens is 306 g/mol. The number of hydrogen-bond acceptors (Lipinski definition) is 5. The van der Waals surface area contributed by atoms with Gasteiger partial charge in [-0.15, -0.1) is 0 Å². The Morgan fingerprint density at radius 3 is 2.82 bits per heavy atom. The van der Waals surface area contributed by atoms with E-state index in [9.17, 15) is 4.79 Å². The molecule has 1 aliphatic rings. The molecule has 3 rings (SSSR count). The molecule has 0 spiro atoms. The molecule has 8 heteroatoms. The van der Waals surface area contributed by atoms with Gasteiger partial charge in [0.15, 0.2) is 0 Å². The molecule has 0 saturated heterocycles. The summed E-state index contributed by atoms with van der Waals surface area (Å²) in [7, 11) is 0. The number of imidazole rings is 1. The number of nitrogens with zero attached hydrogens (tertiary/aromatic N) is 5. The van der Waals surface area contributed by atoms with E-state index in [0.717, 1.165) is 5.56 Å². The number of amides is 1. The first-order valence-corrected chi connectivity index (χ1v) is 7.23. The lowest BCUT2D eigenvalue weighted by Gasteiger charge is -2.26.